The molecule has 8 nitrogen and oxygen atoms in total. The summed E-state index contributed by atoms with van der Waals surface area (Å²) in [4.78, 5) is 29.1. The minimum Gasteiger partial charge on any atom is -0.481 e. The highest BCUT2D eigenvalue weighted by molar-refractivity contribution is 5.88. The molecule has 2 heterocycles. The molecule has 1 aliphatic heterocycles. The van der Waals surface area contributed by atoms with E-state index >= 15 is 0 Å². The number of carboxylic acids is 1. The van der Waals surface area contributed by atoms with E-state index in [-0.39, 0.29) is 18.5 Å². The zero-order valence-corrected chi connectivity index (χ0v) is 13.4. The third-order valence-corrected chi connectivity index (χ3v) is 4.95. The van der Waals surface area contributed by atoms with Crippen molar-refractivity contribution >= 4 is 17.9 Å². The van der Waals surface area contributed by atoms with Crippen molar-refractivity contribution in [3.8, 4) is 0 Å². The molecule has 1 aromatic heterocycles. The monoisotopic (exact) mass is 321 g/mol. The topological polar surface area (TPSA) is 100 Å². The van der Waals surface area contributed by atoms with Crippen LogP contribution < -0.4 is 5.32 Å². The van der Waals surface area contributed by atoms with Crippen LogP contribution >= 0.6 is 0 Å². The zero-order chi connectivity index (χ0) is 16.4. The van der Waals surface area contributed by atoms with Gasteiger partial charge in [0.1, 0.15) is 6.33 Å². The second kappa shape index (κ2) is 6.17. The van der Waals surface area contributed by atoms with Crippen LogP contribution in [0.25, 0.3) is 0 Å². The molecule has 1 saturated carbocycles. The number of nitrogens with zero attached hydrogens (tertiary/aromatic N) is 4. The first-order chi connectivity index (χ1) is 11.0. The van der Waals surface area contributed by atoms with Crippen molar-refractivity contribution in [2.24, 2.45) is 5.41 Å². The van der Waals surface area contributed by atoms with Gasteiger partial charge in [-0.2, -0.15) is 0 Å². The lowest BCUT2D eigenvalue weighted by atomic mass is 9.90. The summed E-state index contributed by atoms with van der Waals surface area (Å²) < 4.78 is 1.83. The van der Waals surface area contributed by atoms with E-state index in [9.17, 15) is 14.7 Å². The quantitative estimate of drug-likeness (QED) is 0.888. The molecule has 1 unspecified atom stereocenters. The number of hydrogen-bond donors (Lipinski definition) is 2. The number of likely N-dealkylation sites (tertiary alicyclic amines) is 1. The molecule has 0 aromatic carbocycles. The molecule has 1 atom stereocenters. The second-order valence-electron chi connectivity index (χ2n) is 6.81. The van der Waals surface area contributed by atoms with Gasteiger partial charge >= 0.3 is 12.0 Å². The summed E-state index contributed by atoms with van der Waals surface area (Å²) in [6.45, 7) is 2.30. The maximum atomic E-state index is 12.2. The smallest absolute Gasteiger partial charge is 0.324 e. The van der Waals surface area contributed by atoms with Gasteiger partial charge in [-0.3, -0.25) is 10.1 Å². The highest BCUT2D eigenvalue weighted by Gasteiger charge is 2.42. The Morgan fingerprint density at radius 3 is 2.74 bits per heavy atom. The van der Waals surface area contributed by atoms with E-state index in [0.717, 1.165) is 12.8 Å². The molecule has 0 bridgehead atoms. The SMILES string of the molecule is CC1(C(=O)O)CCN(C(=O)Nc2ncn(C3CCCCC3)n2)C1. The fourth-order valence-corrected chi connectivity index (χ4v) is 3.34. The van der Waals surface area contributed by atoms with Crippen molar-refractivity contribution in [2.75, 3.05) is 18.4 Å². The fourth-order valence-electron chi connectivity index (χ4n) is 3.34. The third kappa shape index (κ3) is 3.30. The van der Waals surface area contributed by atoms with Gasteiger partial charge in [0.05, 0.1) is 11.5 Å². The van der Waals surface area contributed by atoms with Crippen LogP contribution in [-0.4, -0.2) is 49.9 Å². The van der Waals surface area contributed by atoms with E-state index in [0.29, 0.717) is 19.0 Å². The van der Waals surface area contributed by atoms with Crippen molar-refractivity contribution in [1.82, 2.24) is 19.7 Å². The first-order valence-corrected chi connectivity index (χ1v) is 8.18. The van der Waals surface area contributed by atoms with Gasteiger partial charge in [-0.05, 0) is 26.2 Å². The highest BCUT2D eigenvalue weighted by Crippen LogP contribution is 2.30. The number of rotatable bonds is 3. The average Bonchev–Trinajstić information content (AvgIpc) is 3.16. The number of amides is 2. The van der Waals surface area contributed by atoms with Crippen LogP contribution in [-0.2, 0) is 4.79 Å². The van der Waals surface area contributed by atoms with E-state index in [2.05, 4.69) is 15.4 Å². The number of anilines is 1. The van der Waals surface area contributed by atoms with E-state index in [4.69, 9.17) is 0 Å². The van der Waals surface area contributed by atoms with Crippen LogP contribution in [0.15, 0.2) is 6.33 Å². The van der Waals surface area contributed by atoms with Crippen LogP contribution in [0.3, 0.4) is 0 Å². The Labute approximate surface area is 134 Å². The van der Waals surface area contributed by atoms with E-state index < -0.39 is 11.4 Å². The van der Waals surface area contributed by atoms with Gasteiger partial charge in [-0.15, -0.1) is 5.10 Å². The Balaban J connectivity index is 1.58. The van der Waals surface area contributed by atoms with Gasteiger partial charge in [0.2, 0.25) is 5.95 Å². The Morgan fingerprint density at radius 1 is 1.35 bits per heavy atom. The first-order valence-electron chi connectivity index (χ1n) is 8.18. The van der Waals surface area contributed by atoms with Crippen molar-refractivity contribution < 1.29 is 14.7 Å². The number of hydrogen-bond acceptors (Lipinski definition) is 4. The first kappa shape index (κ1) is 15.8. The molecular weight excluding hydrogens is 298 g/mol. The molecule has 23 heavy (non-hydrogen) atoms. The van der Waals surface area contributed by atoms with Crippen LogP contribution in [0.4, 0.5) is 10.7 Å². The zero-order valence-electron chi connectivity index (χ0n) is 13.4. The van der Waals surface area contributed by atoms with Gasteiger partial charge in [0.25, 0.3) is 0 Å². The Morgan fingerprint density at radius 2 is 2.09 bits per heavy atom. The number of nitrogens with one attached hydrogen (secondary N) is 1. The summed E-state index contributed by atoms with van der Waals surface area (Å²) in [5, 5.41) is 16.2. The number of carboxylic acid groups (broad SMARTS) is 1. The highest BCUT2D eigenvalue weighted by atomic mass is 16.4. The van der Waals surface area contributed by atoms with E-state index in [1.807, 2.05) is 4.68 Å². The van der Waals surface area contributed by atoms with Gasteiger partial charge in [0, 0.05) is 13.1 Å². The Kier molecular flexibility index (Phi) is 4.23. The third-order valence-electron chi connectivity index (χ3n) is 4.95. The number of aliphatic carboxylic acids is 1. The second-order valence-corrected chi connectivity index (χ2v) is 6.81. The molecule has 8 heteroatoms. The molecule has 1 aliphatic carbocycles. The van der Waals surface area contributed by atoms with Crippen LogP contribution in [0, 0.1) is 5.41 Å². The van der Waals surface area contributed by atoms with Crippen LogP contribution in [0.2, 0.25) is 0 Å². The Bertz CT molecular complexity index is 596. The van der Waals surface area contributed by atoms with Gasteiger partial charge in [-0.25, -0.2) is 14.5 Å². The molecule has 126 valence electrons. The van der Waals surface area contributed by atoms with Crippen molar-refractivity contribution in [3.05, 3.63) is 6.33 Å². The van der Waals surface area contributed by atoms with Crippen molar-refractivity contribution in [2.45, 2.75) is 51.5 Å². The maximum Gasteiger partial charge on any atom is 0.324 e. The lowest BCUT2D eigenvalue weighted by molar-refractivity contribution is -0.146. The van der Waals surface area contributed by atoms with Crippen molar-refractivity contribution in [3.63, 3.8) is 0 Å². The normalized spacial score (nSPS) is 25.5. The average molecular weight is 321 g/mol. The minimum absolute atomic E-state index is 0.206. The number of carbonyl (C=O) groups excluding carboxylic acids is 1. The summed E-state index contributed by atoms with van der Waals surface area (Å²) in [7, 11) is 0. The van der Waals surface area contributed by atoms with E-state index in [1.54, 1.807) is 13.3 Å². The standard InChI is InChI=1S/C15H23N5O3/c1-15(12(21)22)7-8-19(9-15)14(23)17-13-16-10-20(18-13)11-5-3-2-4-6-11/h10-11H,2-9H2,1H3,(H,21,22)(H,17,18,23). The molecule has 2 N–H and O–H groups in total. The van der Waals surface area contributed by atoms with E-state index in [1.165, 1.54) is 24.2 Å². The van der Waals surface area contributed by atoms with Gasteiger partial charge < -0.3 is 10.0 Å². The summed E-state index contributed by atoms with van der Waals surface area (Å²) in [5.41, 5.74) is -0.869. The molecule has 3 rings (SSSR count). The lowest BCUT2D eigenvalue weighted by Crippen LogP contribution is -2.37. The van der Waals surface area contributed by atoms with Crippen LogP contribution in [0.5, 0.6) is 0 Å². The molecule has 2 aliphatic rings. The predicted molar refractivity (Wildman–Crippen MR) is 83.1 cm³/mol. The number of urea groups is 1. The molecule has 2 fully saturated rings. The lowest BCUT2D eigenvalue weighted by Gasteiger charge is -2.21. The van der Waals surface area contributed by atoms with Crippen LogP contribution in [0.1, 0.15) is 51.5 Å². The largest absolute Gasteiger partial charge is 0.481 e. The van der Waals surface area contributed by atoms with Gasteiger partial charge in [0.15, 0.2) is 0 Å². The number of carbonyl (C=O) groups is 2. The molecule has 0 spiro atoms. The molecule has 1 saturated heterocycles. The molecule has 0 radical (unpaired) electrons. The van der Waals surface area contributed by atoms with Gasteiger partial charge in [-0.1, -0.05) is 19.3 Å². The minimum atomic E-state index is -0.869. The molecule has 2 amide bonds. The summed E-state index contributed by atoms with van der Waals surface area (Å²) >= 11 is 0. The summed E-state index contributed by atoms with van der Waals surface area (Å²) in [6, 6.07) is 0.0281. The fraction of sp³-hybridized carbons (Fsp3) is 0.733. The summed E-state index contributed by atoms with van der Waals surface area (Å²) in [5.74, 6) is -0.586. The maximum absolute atomic E-state index is 12.2. The molecular formula is C15H23N5O3. The Hall–Kier alpha value is -2.12. The number of aromatic nitrogens is 3. The van der Waals surface area contributed by atoms with Crippen molar-refractivity contribution in [1.29, 1.82) is 0 Å². The predicted octanol–water partition coefficient (Wildman–Crippen LogP) is 2.11. The molecule has 1 aromatic rings. The summed E-state index contributed by atoms with van der Waals surface area (Å²) in [6.07, 6.45) is 7.99.